The second-order valence-electron chi connectivity index (χ2n) is 8.78. The highest BCUT2D eigenvalue weighted by Crippen LogP contribution is 2.27. The number of fused-ring (bicyclic) bond motifs is 1. The molecular formula is C24H28N6O3. The van der Waals surface area contributed by atoms with E-state index in [-0.39, 0.29) is 17.7 Å². The van der Waals surface area contributed by atoms with Crippen LogP contribution in [0.5, 0.6) is 0 Å². The summed E-state index contributed by atoms with van der Waals surface area (Å²) < 4.78 is 7.27. The molecular weight excluding hydrogens is 420 g/mol. The molecule has 2 fully saturated rings. The lowest BCUT2D eigenvalue weighted by molar-refractivity contribution is 0.0301. The van der Waals surface area contributed by atoms with Crippen LogP contribution >= 0.6 is 0 Å². The lowest BCUT2D eigenvalue weighted by atomic mass is 9.96. The molecule has 1 atom stereocenters. The fraction of sp³-hybridized carbons (Fsp3) is 0.458. The number of amides is 2. The summed E-state index contributed by atoms with van der Waals surface area (Å²) in [6.45, 7) is 5.42. The summed E-state index contributed by atoms with van der Waals surface area (Å²) in [6.07, 6.45) is 5.20. The number of benzene rings is 1. The smallest absolute Gasteiger partial charge is 0.257 e. The van der Waals surface area contributed by atoms with E-state index in [0.717, 1.165) is 23.9 Å². The van der Waals surface area contributed by atoms with Crippen LogP contribution in [0.25, 0.3) is 11.0 Å². The monoisotopic (exact) mass is 448 g/mol. The molecule has 2 aliphatic rings. The molecule has 2 aromatic heterocycles. The first kappa shape index (κ1) is 21.5. The van der Waals surface area contributed by atoms with Crippen molar-refractivity contribution >= 4 is 22.8 Å². The zero-order valence-electron chi connectivity index (χ0n) is 19.0. The quantitative estimate of drug-likeness (QED) is 0.610. The summed E-state index contributed by atoms with van der Waals surface area (Å²) in [5, 5.41) is 0. The molecule has 2 aliphatic heterocycles. The molecule has 4 heterocycles. The van der Waals surface area contributed by atoms with Gasteiger partial charge in [-0.3, -0.25) is 9.59 Å². The molecule has 9 heteroatoms. The van der Waals surface area contributed by atoms with Crippen LogP contribution in [0.4, 0.5) is 0 Å². The number of ether oxygens (including phenoxy) is 1. The Balaban J connectivity index is 1.31. The molecule has 172 valence electrons. The summed E-state index contributed by atoms with van der Waals surface area (Å²) >= 11 is 0. The summed E-state index contributed by atoms with van der Waals surface area (Å²) in [4.78, 5) is 43.3. The van der Waals surface area contributed by atoms with E-state index in [1.165, 1.54) is 0 Å². The minimum absolute atomic E-state index is 0.00286. The summed E-state index contributed by atoms with van der Waals surface area (Å²) in [5.41, 5.74) is 3.68. The number of likely N-dealkylation sites (tertiary alicyclic amines) is 1. The predicted molar refractivity (Wildman–Crippen MR) is 122 cm³/mol. The van der Waals surface area contributed by atoms with Crippen molar-refractivity contribution in [2.45, 2.75) is 25.7 Å². The van der Waals surface area contributed by atoms with Gasteiger partial charge in [0.15, 0.2) is 0 Å². The van der Waals surface area contributed by atoms with E-state index in [4.69, 9.17) is 4.74 Å². The summed E-state index contributed by atoms with van der Waals surface area (Å²) in [5.74, 6) is 0.701. The maximum Gasteiger partial charge on any atom is 0.257 e. The van der Waals surface area contributed by atoms with Gasteiger partial charge in [0.1, 0.15) is 5.82 Å². The zero-order chi connectivity index (χ0) is 22.9. The fourth-order valence-corrected chi connectivity index (χ4v) is 4.65. The number of carbonyl (C=O) groups is 2. The number of hydrogen-bond donors (Lipinski definition) is 0. The molecule has 0 radical (unpaired) electrons. The Morgan fingerprint density at radius 2 is 1.88 bits per heavy atom. The molecule has 0 N–H and O–H groups in total. The number of nitrogens with zero attached hydrogens (tertiary/aromatic N) is 6. The van der Waals surface area contributed by atoms with Crippen LogP contribution < -0.4 is 0 Å². The average molecular weight is 449 g/mol. The minimum atomic E-state index is -0.0484. The van der Waals surface area contributed by atoms with Crippen LogP contribution in [0.3, 0.4) is 0 Å². The maximum atomic E-state index is 13.2. The van der Waals surface area contributed by atoms with Gasteiger partial charge in [0.2, 0.25) is 0 Å². The van der Waals surface area contributed by atoms with E-state index >= 15 is 0 Å². The number of hydrogen-bond acceptors (Lipinski definition) is 6. The van der Waals surface area contributed by atoms with Crippen LogP contribution in [-0.4, -0.2) is 80.5 Å². The molecule has 5 rings (SSSR count). The third-order valence-electron chi connectivity index (χ3n) is 6.57. The Kier molecular flexibility index (Phi) is 5.80. The lowest BCUT2D eigenvalue weighted by Crippen LogP contribution is -2.41. The minimum Gasteiger partial charge on any atom is -0.378 e. The zero-order valence-corrected chi connectivity index (χ0v) is 19.0. The van der Waals surface area contributed by atoms with Gasteiger partial charge in [-0.2, -0.15) is 0 Å². The van der Waals surface area contributed by atoms with Gasteiger partial charge in [-0.25, -0.2) is 15.0 Å². The van der Waals surface area contributed by atoms with E-state index in [2.05, 4.69) is 15.0 Å². The largest absolute Gasteiger partial charge is 0.378 e. The van der Waals surface area contributed by atoms with E-state index in [1.807, 2.05) is 41.6 Å². The SMILES string of the molecule is Cc1nc(C2CCCN(C(=O)c3ccc4c(c3)ncn4C)C2)ncc1C(=O)N1CCOCC1. The maximum absolute atomic E-state index is 13.2. The van der Waals surface area contributed by atoms with Gasteiger partial charge in [-0.1, -0.05) is 0 Å². The Labute approximate surface area is 192 Å². The molecule has 2 amide bonds. The number of piperidine rings is 1. The van der Waals surface area contributed by atoms with Crippen molar-refractivity contribution in [3.63, 3.8) is 0 Å². The average Bonchev–Trinajstić information content (AvgIpc) is 3.23. The number of morpholine rings is 1. The molecule has 0 aliphatic carbocycles. The Morgan fingerprint density at radius 1 is 1.06 bits per heavy atom. The molecule has 3 aromatic rings. The summed E-state index contributed by atoms with van der Waals surface area (Å²) in [6, 6.07) is 5.66. The standard InChI is InChI=1S/C24H28N6O3/c1-16-19(24(32)29-8-10-33-11-9-29)13-25-22(27-16)18-4-3-7-30(14-18)23(31)17-5-6-21-20(12-17)26-15-28(21)2/h5-6,12-13,15,18H,3-4,7-11,14H2,1-2H3. The topological polar surface area (TPSA) is 93.5 Å². The fourth-order valence-electron chi connectivity index (χ4n) is 4.65. The van der Waals surface area contributed by atoms with Gasteiger partial charge < -0.3 is 19.1 Å². The molecule has 0 saturated carbocycles. The Morgan fingerprint density at radius 3 is 2.67 bits per heavy atom. The van der Waals surface area contributed by atoms with Crippen molar-refractivity contribution in [1.29, 1.82) is 0 Å². The van der Waals surface area contributed by atoms with Crippen molar-refractivity contribution in [2.24, 2.45) is 7.05 Å². The van der Waals surface area contributed by atoms with Crippen molar-refractivity contribution in [1.82, 2.24) is 29.3 Å². The van der Waals surface area contributed by atoms with Crippen molar-refractivity contribution < 1.29 is 14.3 Å². The number of aryl methyl sites for hydroxylation is 2. The molecule has 2 saturated heterocycles. The van der Waals surface area contributed by atoms with Gasteiger partial charge in [-0.05, 0) is 38.0 Å². The highest BCUT2D eigenvalue weighted by atomic mass is 16.5. The second-order valence-corrected chi connectivity index (χ2v) is 8.78. The second kappa shape index (κ2) is 8.90. The van der Waals surface area contributed by atoms with Crippen molar-refractivity contribution in [2.75, 3.05) is 39.4 Å². The van der Waals surface area contributed by atoms with Crippen molar-refractivity contribution in [3.8, 4) is 0 Å². The molecule has 1 unspecified atom stereocenters. The summed E-state index contributed by atoms with van der Waals surface area (Å²) in [7, 11) is 1.94. The highest BCUT2D eigenvalue weighted by Gasteiger charge is 2.29. The molecule has 33 heavy (non-hydrogen) atoms. The van der Waals surface area contributed by atoms with E-state index in [0.29, 0.717) is 62.0 Å². The highest BCUT2D eigenvalue weighted by molar-refractivity contribution is 5.97. The first-order chi connectivity index (χ1) is 16.0. The normalized spacial score (nSPS) is 19.2. The number of carbonyl (C=O) groups excluding carboxylic acids is 2. The molecule has 1 aromatic carbocycles. The Bertz CT molecular complexity index is 1200. The van der Waals surface area contributed by atoms with E-state index < -0.39 is 0 Å². The first-order valence-corrected chi connectivity index (χ1v) is 11.4. The third-order valence-corrected chi connectivity index (χ3v) is 6.57. The molecule has 9 nitrogen and oxygen atoms in total. The van der Waals surface area contributed by atoms with E-state index in [1.54, 1.807) is 17.4 Å². The van der Waals surface area contributed by atoms with Gasteiger partial charge in [0.05, 0.1) is 41.8 Å². The Hall–Kier alpha value is -3.33. The number of rotatable bonds is 3. The predicted octanol–water partition coefficient (Wildman–Crippen LogP) is 2.16. The number of imidazole rings is 1. The molecule has 0 bridgehead atoms. The first-order valence-electron chi connectivity index (χ1n) is 11.4. The van der Waals surface area contributed by atoms with Gasteiger partial charge in [-0.15, -0.1) is 0 Å². The van der Waals surface area contributed by atoms with Crippen molar-refractivity contribution in [3.05, 3.63) is 53.4 Å². The lowest BCUT2D eigenvalue weighted by Gasteiger charge is -2.32. The number of aromatic nitrogens is 4. The van der Waals surface area contributed by atoms with Gasteiger partial charge >= 0.3 is 0 Å². The van der Waals surface area contributed by atoms with Crippen LogP contribution in [0.15, 0.2) is 30.7 Å². The van der Waals surface area contributed by atoms with E-state index in [9.17, 15) is 9.59 Å². The van der Waals surface area contributed by atoms with Crippen LogP contribution in [0.2, 0.25) is 0 Å². The van der Waals surface area contributed by atoms with Gasteiger partial charge in [0, 0.05) is 50.9 Å². The van der Waals surface area contributed by atoms with Gasteiger partial charge in [0.25, 0.3) is 11.8 Å². The molecule has 0 spiro atoms. The van der Waals surface area contributed by atoms with Crippen LogP contribution in [-0.2, 0) is 11.8 Å². The van der Waals surface area contributed by atoms with Crippen LogP contribution in [0, 0.1) is 6.92 Å². The third kappa shape index (κ3) is 4.20. The van der Waals surface area contributed by atoms with Crippen LogP contribution in [0.1, 0.15) is 51.0 Å².